The minimum Gasteiger partial charge on any atom is -0.346 e. The average Bonchev–Trinajstić information content (AvgIpc) is 2.38. The number of hydrogen-bond donors (Lipinski definition) is 1. The molecule has 106 valence electrons. The fraction of sp³-hybridized carbons (Fsp3) is 0.375. The lowest BCUT2D eigenvalue weighted by Gasteiger charge is -2.25. The van der Waals surface area contributed by atoms with E-state index < -0.39 is 0 Å². The van der Waals surface area contributed by atoms with Crippen LogP contribution in [-0.2, 0) is 11.8 Å². The number of hydrogen-bond acceptors (Lipinski definition) is 2. The van der Waals surface area contributed by atoms with Gasteiger partial charge in [-0.3, -0.25) is 0 Å². The average molecular weight is 290 g/mol. The number of aryl methyl sites for hydroxylation is 1. The first-order chi connectivity index (χ1) is 9.36. The third-order valence-electron chi connectivity index (χ3n) is 3.74. The fourth-order valence-corrected chi connectivity index (χ4v) is 2.71. The quantitative estimate of drug-likeness (QED) is 0.845. The Balaban J connectivity index is 2.54. The Bertz CT molecular complexity index is 672. The molecule has 0 spiro atoms. The maximum Gasteiger partial charge on any atom is 0.133 e. The first-order valence-corrected chi connectivity index (χ1v) is 7.13. The van der Waals surface area contributed by atoms with Crippen LogP contribution in [0.1, 0.15) is 43.4 Å². The summed E-state index contributed by atoms with van der Waals surface area (Å²) in [5.41, 5.74) is 2.79. The standard InChI is InChI=1S/C16H19FN2S/c1-5-13-10(2)18-15(19-14(13)20)16(3,4)11-6-8-12(17)9-7-11/h6-9H,5H2,1-4H3,(H,18,19,20). The van der Waals surface area contributed by atoms with Crippen molar-refractivity contribution in [3.05, 3.63) is 57.4 Å². The van der Waals surface area contributed by atoms with Crippen LogP contribution >= 0.6 is 12.2 Å². The second kappa shape index (κ2) is 5.44. The molecule has 2 aromatic rings. The Labute approximate surface area is 124 Å². The number of halogens is 1. The third kappa shape index (κ3) is 2.66. The van der Waals surface area contributed by atoms with Crippen LogP contribution in [-0.4, -0.2) is 9.97 Å². The molecule has 4 heteroatoms. The fourth-order valence-electron chi connectivity index (χ4n) is 2.33. The molecule has 0 saturated heterocycles. The zero-order valence-electron chi connectivity index (χ0n) is 12.2. The van der Waals surface area contributed by atoms with Crippen LogP contribution in [0.4, 0.5) is 4.39 Å². The summed E-state index contributed by atoms with van der Waals surface area (Å²) < 4.78 is 13.7. The molecule has 0 fully saturated rings. The van der Waals surface area contributed by atoms with E-state index in [-0.39, 0.29) is 11.2 Å². The molecule has 2 nitrogen and oxygen atoms in total. The summed E-state index contributed by atoms with van der Waals surface area (Å²) in [6.45, 7) is 8.19. The summed E-state index contributed by atoms with van der Waals surface area (Å²) >= 11 is 5.37. The van der Waals surface area contributed by atoms with Crippen molar-refractivity contribution >= 4 is 12.2 Å². The Hall–Kier alpha value is -1.55. The van der Waals surface area contributed by atoms with Gasteiger partial charge in [0.1, 0.15) is 16.3 Å². The Morgan fingerprint density at radius 1 is 1.25 bits per heavy atom. The van der Waals surface area contributed by atoms with Crippen LogP contribution in [0.3, 0.4) is 0 Å². The highest BCUT2D eigenvalue weighted by Gasteiger charge is 2.26. The molecule has 1 aromatic heterocycles. The highest BCUT2D eigenvalue weighted by Crippen LogP contribution is 2.29. The lowest BCUT2D eigenvalue weighted by Crippen LogP contribution is -2.23. The van der Waals surface area contributed by atoms with Crippen LogP contribution < -0.4 is 0 Å². The molecule has 1 heterocycles. The predicted octanol–water partition coefficient (Wildman–Crippen LogP) is 4.48. The van der Waals surface area contributed by atoms with Gasteiger partial charge in [0.2, 0.25) is 0 Å². The van der Waals surface area contributed by atoms with Crippen molar-refractivity contribution in [1.82, 2.24) is 9.97 Å². The van der Waals surface area contributed by atoms with E-state index in [9.17, 15) is 4.39 Å². The van der Waals surface area contributed by atoms with Crippen LogP contribution in [0.5, 0.6) is 0 Å². The Morgan fingerprint density at radius 3 is 2.35 bits per heavy atom. The van der Waals surface area contributed by atoms with Gasteiger partial charge in [-0.05, 0) is 44.9 Å². The van der Waals surface area contributed by atoms with E-state index in [0.29, 0.717) is 4.64 Å². The van der Waals surface area contributed by atoms with E-state index in [1.807, 2.05) is 6.92 Å². The molecule has 0 aliphatic rings. The number of aromatic amines is 1. The zero-order valence-corrected chi connectivity index (χ0v) is 13.1. The topological polar surface area (TPSA) is 28.7 Å². The van der Waals surface area contributed by atoms with Gasteiger partial charge in [-0.15, -0.1) is 0 Å². The van der Waals surface area contributed by atoms with Gasteiger partial charge in [0, 0.05) is 16.7 Å². The second-order valence-electron chi connectivity index (χ2n) is 5.48. The van der Waals surface area contributed by atoms with E-state index in [4.69, 9.17) is 12.2 Å². The molecular weight excluding hydrogens is 271 g/mol. The van der Waals surface area contributed by atoms with E-state index in [2.05, 4.69) is 30.7 Å². The number of aromatic nitrogens is 2. The SMILES string of the molecule is CCc1c(C)[nH]c(C(C)(C)c2ccc(F)cc2)nc1=S. The minimum atomic E-state index is -0.349. The Kier molecular flexibility index (Phi) is 4.04. The number of rotatable bonds is 3. The first-order valence-electron chi connectivity index (χ1n) is 6.72. The molecule has 1 aromatic carbocycles. The monoisotopic (exact) mass is 290 g/mol. The van der Waals surface area contributed by atoms with Gasteiger partial charge in [-0.25, -0.2) is 9.37 Å². The number of nitrogens with one attached hydrogen (secondary N) is 1. The molecule has 0 aliphatic carbocycles. The zero-order chi connectivity index (χ0) is 14.9. The smallest absolute Gasteiger partial charge is 0.133 e. The lowest BCUT2D eigenvalue weighted by molar-refractivity contribution is 0.578. The van der Waals surface area contributed by atoms with Gasteiger partial charge in [-0.1, -0.05) is 31.3 Å². The molecule has 0 bridgehead atoms. The Morgan fingerprint density at radius 2 is 1.85 bits per heavy atom. The van der Waals surface area contributed by atoms with Crippen LogP contribution in [0.25, 0.3) is 0 Å². The molecule has 0 aliphatic heterocycles. The molecule has 0 unspecified atom stereocenters. The van der Waals surface area contributed by atoms with E-state index >= 15 is 0 Å². The third-order valence-corrected chi connectivity index (χ3v) is 4.08. The van der Waals surface area contributed by atoms with Crippen molar-refractivity contribution in [2.45, 2.75) is 39.5 Å². The first kappa shape index (κ1) is 14.9. The maximum absolute atomic E-state index is 13.1. The van der Waals surface area contributed by atoms with Crippen molar-refractivity contribution in [3.8, 4) is 0 Å². The van der Waals surface area contributed by atoms with Crippen molar-refractivity contribution in [2.24, 2.45) is 0 Å². The minimum absolute atomic E-state index is 0.233. The summed E-state index contributed by atoms with van der Waals surface area (Å²) in [4.78, 5) is 7.89. The molecular formula is C16H19FN2S. The van der Waals surface area contributed by atoms with Gasteiger partial charge >= 0.3 is 0 Å². The van der Waals surface area contributed by atoms with Crippen LogP contribution in [0, 0.1) is 17.4 Å². The molecule has 0 amide bonds. The van der Waals surface area contributed by atoms with E-state index in [0.717, 1.165) is 29.1 Å². The summed E-state index contributed by atoms with van der Waals surface area (Å²) in [5, 5.41) is 0. The van der Waals surface area contributed by atoms with E-state index in [1.54, 1.807) is 12.1 Å². The number of nitrogens with zero attached hydrogens (tertiary/aromatic N) is 1. The lowest BCUT2D eigenvalue weighted by atomic mass is 9.83. The molecule has 0 atom stereocenters. The molecule has 2 rings (SSSR count). The van der Waals surface area contributed by atoms with Gasteiger partial charge in [0.05, 0.1) is 0 Å². The van der Waals surface area contributed by atoms with Gasteiger partial charge < -0.3 is 4.98 Å². The molecule has 20 heavy (non-hydrogen) atoms. The van der Waals surface area contributed by atoms with Crippen molar-refractivity contribution in [2.75, 3.05) is 0 Å². The van der Waals surface area contributed by atoms with Crippen LogP contribution in [0.15, 0.2) is 24.3 Å². The second-order valence-corrected chi connectivity index (χ2v) is 5.87. The van der Waals surface area contributed by atoms with Crippen molar-refractivity contribution in [1.29, 1.82) is 0 Å². The van der Waals surface area contributed by atoms with Gasteiger partial charge in [-0.2, -0.15) is 0 Å². The predicted molar refractivity (Wildman–Crippen MR) is 82.1 cm³/mol. The maximum atomic E-state index is 13.1. The molecule has 1 N–H and O–H groups in total. The van der Waals surface area contributed by atoms with Crippen LogP contribution in [0.2, 0.25) is 0 Å². The normalized spacial score (nSPS) is 11.7. The largest absolute Gasteiger partial charge is 0.346 e. The summed E-state index contributed by atoms with van der Waals surface area (Å²) in [7, 11) is 0. The number of H-pyrrole nitrogens is 1. The molecule has 0 saturated carbocycles. The van der Waals surface area contributed by atoms with E-state index in [1.165, 1.54) is 12.1 Å². The highest BCUT2D eigenvalue weighted by molar-refractivity contribution is 7.71. The van der Waals surface area contributed by atoms with Crippen molar-refractivity contribution in [3.63, 3.8) is 0 Å². The van der Waals surface area contributed by atoms with Gasteiger partial charge in [0.15, 0.2) is 0 Å². The summed E-state index contributed by atoms with van der Waals surface area (Å²) in [6, 6.07) is 6.52. The highest BCUT2D eigenvalue weighted by atomic mass is 32.1. The van der Waals surface area contributed by atoms with Gasteiger partial charge in [0.25, 0.3) is 0 Å². The number of benzene rings is 1. The summed E-state index contributed by atoms with van der Waals surface area (Å²) in [5.74, 6) is 0.576. The summed E-state index contributed by atoms with van der Waals surface area (Å²) in [6.07, 6.45) is 0.866. The molecule has 0 radical (unpaired) electrons. The van der Waals surface area contributed by atoms with Crippen molar-refractivity contribution < 1.29 is 4.39 Å².